The number of Topliss-reactive ketones (excluding diaryl/α,β-unsaturated/α-hetero) is 1. The Morgan fingerprint density at radius 3 is 2.54 bits per heavy atom. The first-order valence-corrected chi connectivity index (χ1v) is 4.38. The average Bonchev–Trinajstić information content (AvgIpc) is 2.05. The Labute approximate surface area is 78.5 Å². The quantitative estimate of drug-likeness (QED) is 0.285. The smallest absolute Gasteiger partial charge is 0.314 e. The Morgan fingerprint density at radius 2 is 2.00 bits per heavy atom. The molecule has 0 aromatic rings. The first kappa shape index (κ1) is 11.7. The maximum absolute atomic E-state index is 10.9. The standard InChI is InChI=1S/C10H14O3/c1-3-5-6-7-9(11)8-10(12)13-4-2/h3-5,8H2,1-2H3. The molecule has 0 bridgehead atoms. The lowest BCUT2D eigenvalue weighted by atomic mass is 10.2. The highest BCUT2D eigenvalue weighted by Gasteiger charge is 2.06. The first-order chi connectivity index (χ1) is 6.20. The summed E-state index contributed by atoms with van der Waals surface area (Å²) in [5, 5.41) is 0. The summed E-state index contributed by atoms with van der Waals surface area (Å²) in [6, 6.07) is 0. The Balaban J connectivity index is 3.76. The molecule has 13 heavy (non-hydrogen) atoms. The topological polar surface area (TPSA) is 43.4 Å². The zero-order valence-electron chi connectivity index (χ0n) is 8.05. The average molecular weight is 182 g/mol. The van der Waals surface area contributed by atoms with Gasteiger partial charge in [-0.1, -0.05) is 12.8 Å². The van der Waals surface area contributed by atoms with Crippen molar-refractivity contribution in [2.75, 3.05) is 6.61 Å². The fourth-order valence-corrected chi connectivity index (χ4v) is 0.673. The van der Waals surface area contributed by atoms with Crippen LogP contribution < -0.4 is 0 Å². The summed E-state index contributed by atoms with van der Waals surface area (Å²) in [6.45, 7) is 3.98. The second-order valence-corrected chi connectivity index (χ2v) is 2.46. The van der Waals surface area contributed by atoms with Gasteiger partial charge in [-0.15, -0.1) is 0 Å². The van der Waals surface area contributed by atoms with E-state index in [-0.39, 0.29) is 12.2 Å². The molecule has 0 rings (SSSR count). The van der Waals surface area contributed by atoms with Gasteiger partial charge in [0.15, 0.2) is 0 Å². The van der Waals surface area contributed by atoms with Gasteiger partial charge in [-0.2, -0.15) is 0 Å². The molecule has 0 N–H and O–H groups in total. The van der Waals surface area contributed by atoms with Gasteiger partial charge >= 0.3 is 5.97 Å². The molecule has 0 aromatic carbocycles. The van der Waals surface area contributed by atoms with Crippen LogP contribution in [0.3, 0.4) is 0 Å². The Bertz CT molecular complexity index is 232. The summed E-state index contributed by atoms with van der Waals surface area (Å²) in [7, 11) is 0. The summed E-state index contributed by atoms with van der Waals surface area (Å²) < 4.78 is 4.59. The summed E-state index contributed by atoms with van der Waals surface area (Å²) in [6.07, 6.45) is 1.37. The molecule has 0 radical (unpaired) electrons. The SMILES string of the molecule is CCCC#CC(=O)CC(=O)OCC. The van der Waals surface area contributed by atoms with Gasteiger partial charge in [0.1, 0.15) is 6.42 Å². The number of unbranched alkanes of at least 4 members (excludes halogenated alkanes) is 1. The summed E-state index contributed by atoms with van der Waals surface area (Å²) >= 11 is 0. The predicted octanol–water partition coefficient (Wildman–Crippen LogP) is 1.31. The van der Waals surface area contributed by atoms with Crippen LogP contribution in [0.2, 0.25) is 0 Å². The van der Waals surface area contributed by atoms with Crippen molar-refractivity contribution in [3.63, 3.8) is 0 Å². The molecular weight excluding hydrogens is 168 g/mol. The normalized spacial score (nSPS) is 8.46. The molecule has 0 saturated heterocycles. The number of rotatable bonds is 4. The molecule has 0 aliphatic rings. The second kappa shape index (κ2) is 7.35. The molecule has 3 heteroatoms. The van der Waals surface area contributed by atoms with E-state index in [2.05, 4.69) is 16.6 Å². The lowest BCUT2D eigenvalue weighted by molar-refractivity contribution is -0.144. The van der Waals surface area contributed by atoms with E-state index in [1.165, 1.54) is 0 Å². The van der Waals surface area contributed by atoms with E-state index in [1.807, 2.05) is 6.92 Å². The molecule has 0 atom stereocenters. The van der Waals surface area contributed by atoms with Crippen LogP contribution in [0, 0.1) is 11.8 Å². The lowest BCUT2D eigenvalue weighted by Crippen LogP contribution is -2.09. The minimum Gasteiger partial charge on any atom is -0.466 e. The van der Waals surface area contributed by atoms with Crippen LogP contribution in [0.1, 0.15) is 33.1 Å². The Hall–Kier alpha value is -1.30. The van der Waals surface area contributed by atoms with E-state index in [9.17, 15) is 9.59 Å². The van der Waals surface area contributed by atoms with Crippen LogP contribution in [-0.4, -0.2) is 18.4 Å². The second-order valence-electron chi connectivity index (χ2n) is 2.46. The Kier molecular flexibility index (Phi) is 6.62. The molecule has 0 unspecified atom stereocenters. The maximum atomic E-state index is 10.9. The third-order valence-electron chi connectivity index (χ3n) is 1.21. The van der Waals surface area contributed by atoms with Crippen molar-refractivity contribution in [3.05, 3.63) is 0 Å². The van der Waals surface area contributed by atoms with Crippen LogP contribution in [-0.2, 0) is 14.3 Å². The lowest BCUT2D eigenvalue weighted by Gasteiger charge is -1.96. The van der Waals surface area contributed by atoms with Gasteiger partial charge in [0, 0.05) is 6.42 Å². The van der Waals surface area contributed by atoms with Crippen LogP contribution in [0.15, 0.2) is 0 Å². The Morgan fingerprint density at radius 1 is 1.31 bits per heavy atom. The highest BCUT2D eigenvalue weighted by atomic mass is 16.5. The number of ketones is 1. The predicted molar refractivity (Wildman–Crippen MR) is 48.9 cm³/mol. The van der Waals surface area contributed by atoms with Crippen molar-refractivity contribution >= 4 is 11.8 Å². The highest BCUT2D eigenvalue weighted by Crippen LogP contribution is 1.88. The number of hydrogen-bond acceptors (Lipinski definition) is 3. The van der Waals surface area contributed by atoms with Gasteiger partial charge in [-0.05, 0) is 19.3 Å². The van der Waals surface area contributed by atoms with E-state index in [0.29, 0.717) is 13.0 Å². The van der Waals surface area contributed by atoms with Crippen LogP contribution in [0.4, 0.5) is 0 Å². The molecule has 0 fully saturated rings. The van der Waals surface area contributed by atoms with Gasteiger partial charge < -0.3 is 4.74 Å². The van der Waals surface area contributed by atoms with Gasteiger partial charge in [-0.3, -0.25) is 9.59 Å². The van der Waals surface area contributed by atoms with Crippen LogP contribution in [0.5, 0.6) is 0 Å². The van der Waals surface area contributed by atoms with E-state index in [1.54, 1.807) is 6.92 Å². The molecule has 0 aliphatic carbocycles. The van der Waals surface area contributed by atoms with E-state index >= 15 is 0 Å². The third-order valence-corrected chi connectivity index (χ3v) is 1.21. The molecule has 0 aromatic heterocycles. The van der Waals surface area contributed by atoms with Crippen molar-refractivity contribution in [2.45, 2.75) is 33.1 Å². The van der Waals surface area contributed by atoms with Gasteiger partial charge in [0.05, 0.1) is 6.61 Å². The zero-order chi connectivity index (χ0) is 10.1. The number of carbonyl (C=O) groups excluding carboxylic acids is 2. The van der Waals surface area contributed by atoms with E-state index < -0.39 is 5.97 Å². The van der Waals surface area contributed by atoms with E-state index in [4.69, 9.17) is 0 Å². The van der Waals surface area contributed by atoms with Crippen LogP contribution >= 0.6 is 0 Å². The van der Waals surface area contributed by atoms with Crippen molar-refractivity contribution in [2.24, 2.45) is 0 Å². The summed E-state index contributed by atoms with van der Waals surface area (Å²) in [4.78, 5) is 21.7. The molecular formula is C10H14O3. The van der Waals surface area contributed by atoms with Gasteiger partial charge in [-0.25, -0.2) is 0 Å². The highest BCUT2D eigenvalue weighted by molar-refractivity contribution is 6.05. The molecule has 0 aliphatic heterocycles. The minimum absolute atomic E-state index is 0.232. The fraction of sp³-hybridized carbons (Fsp3) is 0.600. The molecule has 72 valence electrons. The summed E-state index contributed by atoms with van der Waals surface area (Å²) in [5.41, 5.74) is 0. The van der Waals surface area contributed by atoms with Crippen molar-refractivity contribution in [1.29, 1.82) is 0 Å². The number of carbonyl (C=O) groups is 2. The van der Waals surface area contributed by atoms with Crippen molar-refractivity contribution in [3.8, 4) is 11.8 Å². The number of hydrogen-bond donors (Lipinski definition) is 0. The largest absolute Gasteiger partial charge is 0.466 e. The molecule has 0 spiro atoms. The fourth-order valence-electron chi connectivity index (χ4n) is 0.673. The van der Waals surface area contributed by atoms with Crippen molar-refractivity contribution < 1.29 is 14.3 Å². The zero-order valence-corrected chi connectivity index (χ0v) is 8.05. The monoisotopic (exact) mass is 182 g/mol. The minimum atomic E-state index is -0.502. The molecule has 0 heterocycles. The van der Waals surface area contributed by atoms with Gasteiger partial charge in [0.2, 0.25) is 5.78 Å². The molecule has 0 amide bonds. The van der Waals surface area contributed by atoms with Gasteiger partial charge in [0.25, 0.3) is 0 Å². The molecule has 0 saturated carbocycles. The van der Waals surface area contributed by atoms with Crippen LogP contribution in [0.25, 0.3) is 0 Å². The maximum Gasteiger partial charge on any atom is 0.314 e. The number of ether oxygens (including phenoxy) is 1. The first-order valence-electron chi connectivity index (χ1n) is 4.38. The summed E-state index contributed by atoms with van der Waals surface area (Å²) in [5.74, 6) is 4.19. The number of esters is 1. The third kappa shape index (κ3) is 7.07. The van der Waals surface area contributed by atoms with E-state index in [0.717, 1.165) is 6.42 Å². The van der Waals surface area contributed by atoms with Crippen molar-refractivity contribution in [1.82, 2.24) is 0 Å². The molecule has 3 nitrogen and oxygen atoms in total.